The molecule has 0 fully saturated rings. The van der Waals surface area contributed by atoms with Gasteiger partial charge in [-0.15, -0.1) is 0 Å². The number of rotatable bonds is 2. The monoisotopic (exact) mass is 554 g/mol. The molecule has 0 radical (unpaired) electrons. The van der Waals surface area contributed by atoms with E-state index in [-0.39, 0.29) is 50.2 Å². The highest BCUT2D eigenvalue weighted by molar-refractivity contribution is 6.56. The van der Waals surface area contributed by atoms with Gasteiger partial charge in [-0.25, -0.2) is 4.79 Å². The van der Waals surface area contributed by atoms with E-state index in [1.165, 1.54) is 0 Å². The normalized spacial score (nSPS) is 10.8. The SMILES string of the molecule is O=C(Oc1c(Cl)c(Cl)c(Cl)c(Cl)c1Cl)Oc1c(Cl)c(Cl)c(Cl)c(Cl)c1Cl. The second-order valence-corrected chi connectivity index (χ2v) is 8.03. The molecule has 0 saturated heterocycles. The van der Waals surface area contributed by atoms with Crippen LogP contribution >= 0.6 is 116 Å². The summed E-state index contributed by atoms with van der Waals surface area (Å²) in [5.74, 6) is -0.785. The number of carbonyl (C=O) groups excluding carboxylic acids is 1. The summed E-state index contributed by atoms with van der Waals surface area (Å²) in [6.07, 6.45) is -1.35. The van der Waals surface area contributed by atoms with Crippen molar-refractivity contribution in [1.29, 1.82) is 0 Å². The molecule has 2 aromatic carbocycles. The van der Waals surface area contributed by atoms with Gasteiger partial charge in [-0.1, -0.05) is 116 Å². The Bertz CT molecular complexity index is 796. The average Bonchev–Trinajstić information content (AvgIpc) is 2.62. The van der Waals surface area contributed by atoms with Gasteiger partial charge in [0.25, 0.3) is 0 Å². The molecule has 0 atom stereocenters. The largest absolute Gasteiger partial charge is 0.519 e. The van der Waals surface area contributed by atoms with Gasteiger partial charge in [-0.3, -0.25) is 0 Å². The molecule has 3 nitrogen and oxygen atoms in total. The molecule has 13 heteroatoms. The molecule has 0 amide bonds. The van der Waals surface area contributed by atoms with Gasteiger partial charge in [0.1, 0.15) is 20.1 Å². The predicted octanol–water partition coefficient (Wildman–Crippen LogP) is 9.80. The lowest BCUT2D eigenvalue weighted by Crippen LogP contribution is -2.15. The highest BCUT2D eigenvalue weighted by atomic mass is 35.5. The molecule has 2 aromatic rings. The van der Waals surface area contributed by atoms with E-state index < -0.39 is 17.7 Å². The number of benzene rings is 2. The van der Waals surface area contributed by atoms with Gasteiger partial charge in [-0.2, -0.15) is 0 Å². The van der Waals surface area contributed by atoms with Crippen molar-refractivity contribution in [2.45, 2.75) is 0 Å². The Morgan fingerprint density at radius 3 is 0.846 bits per heavy atom. The summed E-state index contributed by atoms with van der Waals surface area (Å²) in [6, 6.07) is 0. The summed E-state index contributed by atoms with van der Waals surface area (Å²) in [5, 5.41) is -2.05. The molecule has 0 N–H and O–H groups in total. The van der Waals surface area contributed by atoms with Gasteiger partial charge >= 0.3 is 6.16 Å². The molecule has 0 aromatic heterocycles. The standard InChI is InChI=1S/C13Cl10O3/c14-1-3(16)7(20)11(8(21)4(1)17)25-13(24)26-12-9(22)5(18)2(15)6(19)10(12)23. The van der Waals surface area contributed by atoms with Crippen molar-refractivity contribution in [1.82, 2.24) is 0 Å². The first-order valence-electron chi connectivity index (χ1n) is 5.91. The zero-order chi connectivity index (χ0) is 19.9. The second-order valence-electron chi connectivity index (χ2n) is 4.25. The van der Waals surface area contributed by atoms with Crippen molar-refractivity contribution >= 4 is 122 Å². The van der Waals surface area contributed by atoms with Crippen LogP contribution in [0.25, 0.3) is 0 Å². The Labute approximate surface area is 196 Å². The minimum Gasteiger partial charge on any atom is -0.391 e. The first kappa shape index (κ1) is 22.9. The van der Waals surface area contributed by atoms with E-state index in [1.807, 2.05) is 0 Å². The van der Waals surface area contributed by atoms with Crippen LogP contribution in [0.5, 0.6) is 11.5 Å². The quantitative estimate of drug-likeness (QED) is 0.159. The Balaban J connectivity index is 2.41. The van der Waals surface area contributed by atoms with E-state index in [0.29, 0.717) is 0 Å². The molecule has 0 saturated carbocycles. The lowest BCUT2D eigenvalue weighted by molar-refractivity contribution is 0.152. The van der Waals surface area contributed by atoms with E-state index in [1.54, 1.807) is 0 Å². The topological polar surface area (TPSA) is 35.5 Å². The van der Waals surface area contributed by atoms with Gasteiger partial charge in [0.2, 0.25) is 0 Å². The van der Waals surface area contributed by atoms with Gasteiger partial charge in [0.15, 0.2) is 11.5 Å². The first-order chi connectivity index (χ1) is 12.0. The number of hydrogen-bond acceptors (Lipinski definition) is 3. The van der Waals surface area contributed by atoms with Crippen molar-refractivity contribution in [2.75, 3.05) is 0 Å². The summed E-state index contributed by atoms with van der Waals surface area (Å²) < 4.78 is 9.86. The summed E-state index contributed by atoms with van der Waals surface area (Å²) in [7, 11) is 0. The van der Waals surface area contributed by atoms with Crippen LogP contribution in [0.4, 0.5) is 4.79 Å². The molecule has 2 rings (SSSR count). The first-order valence-corrected chi connectivity index (χ1v) is 9.69. The lowest BCUT2D eigenvalue weighted by Gasteiger charge is -2.14. The minimum atomic E-state index is -1.35. The van der Waals surface area contributed by atoms with E-state index >= 15 is 0 Å². The van der Waals surface area contributed by atoms with Crippen LogP contribution in [-0.4, -0.2) is 6.16 Å². The van der Waals surface area contributed by atoms with Crippen molar-refractivity contribution < 1.29 is 14.3 Å². The van der Waals surface area contributed by atoms with E-state index in [4.69, 9.17) is 125 Å². The van der Waals surface area contributed by atoms with Crippen LogP contribution < -0.4 is 9.47 Å². The molecular formula is C13Cl10O3. The third kappa shape index (κ3) is 4.28. The molecular weight excluding hydrogens is 559 g/mol. The maximum absolute atomic E-state index is 12.1. The number of halogens is 10. The summed E-state index contributed by atoms with van der Waals surface area (Å²) >= 11 is 59.0. The van der Waals surface area contributed by atoms with Gasteiger partial charge in [0.05, 0.1) is 30.1 Å². The van der Waals surface area contributed by atoms with E-state index in [2.05, 4.69) is 0 Å². The molecule has 0 heterocycles. The minimum absolute atomic E-state index is 0.119. The van der Waals surface area contributed by atoms with Crippen LogP contribution in [0.3, 0.4) is 0 Å². The summed E-state index contributed by atoms with van der Waals surface area (Å²) in [5.41, 5.74) is 0. The fraction of sp³-hybridized carbons (Fsp3) is 0. The second kappa shape index (κ2) is 8.96. The summed E-state index contributed by atoms with van der Waals surface area (Å²) in [4.78, 5) is 12.1. The molecule has 0 aliphatic carbocycles. The zero-order valence-electron chi connectivity index (χ0n) is 11.5. The fourth-order valence-electron chi connectivity index (χ4n) is 1.54. The summed E-state index contributed by atoms with van der Waals surface area (Å²) in [6.45, 7) is 0. The Kier molecular flexibility index (Phi) is 7.89. The van der Waals surface area contributed by atoms with Crippen molar-refractivity contribution in [3.05, 3.63) is 50.2 Å². The average molecular weight is 559 g/mol. The number of ether oxygens (including phenoxy) is 2. The van der Waals surface area contributed by atoms with Gasteiger partial charge in [-0.05, 0) is 0 Å². The molecule has 0 bridgehead atoms. The smallest absolute Gasteiger partial charge is 0.391 e. The van der Waals surface area contributed by atoms with Crippen LogP contribution in [-0.2, 0) is 0 Å². The Hall–Kier alpha value is 0.610. The van der Waals surface area contributed by atoms with Crippen LogP contribution in [0.1, 0.15) is 0 Å². The fourth-order valence-corrected chi connectivity index (χ4v) is 3.93. The van der Waals surface area contributed by atoms with Crippen LogP contribution in [0.2, 0.25) is 50.2 Å². The van der Waals surface area contributed by atoms with Crippen LogP contribution in [0, 0.1) is 0 Å². The molecule has 140 valence electrons. The van der Waals surface area contributed by atoms with Gasteiger partial charge in [0, 0.05) is 0 Å². The van der Waals surface area contributed by atoms with Crippen molar-refractivity contribution in [3.63, 3.8) is 0 Å². The van der Waals surface area contributed by atoms with Crippen molar-refractivity contribution in [3.8, 4) is 11.5 Å². The van der Waals surface area contributed by atoms with Gasteiger partial charge < -0.3 is 9.47 Å². The number of hydrogen-bond donors (Lipinski definition) is 0. The Morgan fingerprint density at radius 2 is 0.615 bits per heavy atom. The van der Waals surface area contributed by atoms with Crippen molar-refractivity contribution in [2.24, 2.45) is 0 Å². The van der Waals surface area contributed by atoms with Crippen LogP contribution in [0.15, 0.2) is 0 Å². The number of carbonyl (C=O) groups is 1. The van der Waals surface area contributed by atoms with E-state index in [0.717, 1.165) is 0 Å². The highest BCUT2D eigenvalue weighted by Crippen LogP contribution is 2.50. The Morgan fingerprint density at radius 1 is 0.423 bits per heavy atom. The third-order valence-electron chi connectivity index (χ3n) is 2.71. The maximum atomic E-state index is 12.1. The zero-order valence-corrected chi connectivity index (χ0v) is 19.1. The lowest BCUT2D eigenvalue weighted by atomic mass is 10.3. The molecule has 0 aliphatic rings. The predicted molar refractivity (Wildman–Crippen MR) is 110 cm³/mol. The third-order valence-corrected chi connectivity index (χ3v) is 7.19. The molecule has 0 aliphatic heterocycles. The van der Waals surface area contributed by atoms with E-state index in [9.17, 15) is 4.79 Å². The highest BCUT2D eigenvalue weighted by Gasteiger charge is 2.26. The molecule has 0 unspecified atom stereocenters. The molecule has 26 heavy (non-hydrogen) atoms. The molecule has 0 spiro atoms. The maximum Gasteiger partial charge on any atom is 0.519 e.